The first-order chi connectivity index (χ1) is 12.2. The van der Waals surface area contributed by atoms with Crippen LogP contribution in [0, 0.1) is 6.92 Å². The van der Waals surface area contributed by atoms with Crippen molar-refractivity contribution in [2.45, 2.75) is 6.92 Å². The van der Waals surface area contributed by atoms with Gasteiger partial charge in [-0.25, -0.2) is 0 Å². The summed E-state index contributed by atoms with van der Waals surface area (Å²) in [6.07, 6.45) is 0. The Labute approximate surface area is 156 Å². The predicted octanol–water partition coefficient (Wildman–Crippen LogP) is 7.22. The van der Waals surface area contributed by atoms with Crippen LogP contribution in [0.2, 0.25) is 0 Å². The molecule has 3 heteroatoms. The maximum absolute atomic E-state index is 2.22. The molecular weight excluding hydrogens is 342 g/mol. The minimum atomic E-state index is 1.19. The molecule has 0 aliphatic rings. The molecule has 0 radical (unpaired) electrons. The number of rotatable bonds is 4. The molecule has 0 fully saturated rings. The van der Waals surface area contributed by atoms with Crippen LogP contribution in [0.25, 0.3) is 20.9 Å². The summed E-state index contributed by atoms with van der Waals surface area (Å²) in [4.78, 5) is 6.21. The lowest BCUT2D eigenvalue weighted by atomic mass is 10.1. The Balaban J connectivity index is 1.55. The van der Waals surface area contributed by atoms with Crippen LogP contribution in [-0.4, -0.2) is 7.05 Å². The second-order valence-corrected chi connectivity index (χ2v) is 8.28. The molecule has 0 aliphatic heterocycles. The van der Waals surface area contributed by atoms with Crippen molar-refractivity contribution in [1.82, 2.24) is 0 Å². The van der Waals surface area contributed by atoms with Crippen LogP contribution in [0.15, 0.2) is 78.2 Å². The summed E-state index contributed by atoms with van der Waals surface area (Å²) in [5.41, 5.74) is 4.94. The second kappa shape index (κ2) is 6.87. The molecule has 0 spiro atoms. The van der Waals surface area contributed by atoms with E-state index in [0.717, 1.165) is 0 Å². The van der Waals surface area contributed by atoms with Gasteiger partial charge in [-0.3, -0.25) is 0 Å². The number of thiophene rings is 2. The number of anilines is 2. The minimum absolute atomic E-state index is 1.19. The smallest absolute Gasteiger partial charge is 0.0408 e. The van der Waals surface area contributed by atoms with Gasteiger partial charge in [0.25, 0.3) is 0 Å². The lowest BCUT2D eigenvalue weighted by Crippen LogP contribution is -2.08. The summed E-state index contributed by atoms with van der Waals surface area (Å²) in [6.45, 7) is 2.15. The molecule has 4 rings (SSSR count). The van der Waals surface area contributed by atoms with Gasteiger partial charge in [0, 0.05) is 33.1 Å². The summed E-state index contributed by atoms with van der Waals surface area (Å²) in [7, 11) is 2.12. The van der Waals surface area contributed by atoms with Gasteiger partial charge in [-0.15, -0.1) is 22.7 Å². The third kappa shape index (κ3) is 3.39. The van der Waals surface area contributed by atoms with Crippen LogP contribution in [0.1, 0.15) is 4.88 Å². The van der Waals surface area contributed by atoms with Gasteiger partial charge < -0.3 is 4.90 Å². The zero-order valence-corrected chi connectivity index (χ0v) is 15.9. The van der Waals surface area contributed by atoms with Gasteiger partial charge in [0.05, 0.1) is 0 Å². The number of hydrogen-bond acceptors (Lipinski definition) is 3. The van der Waals surface area contributed by atoms with E-state index in [0.29, 0.717) is 0 Å². The van der Waals surface area contributed by atoms with E-state index in [2.05, 4.69) is 97.0 Å². The van der Waals surface area contributed by atoms with Crippen LogP contribution in [0.4, 0.5) is 11.4 Å². The lowest BCUT2D eigenvalue weighted by Gasteiger charge is -2.20. The standard InChI is InChI=1S/C22H19NS2/c1-16-5-14-22(25-16)18-8-12-20(13-9-18)23(2)19-10-6-17(7-11-19)21-4-3-15-24-21/h3-15H,1-2H3. The quantitative estimate of drug-likeness (QED) is 0.371. The first kappa shape index (κ1) is 16.1. The van der Waals surface area contributed by atoms with Gasteiger partial charge in [0.15, 0.2) is 0 Å². The van der Waals surface area contributed by atoms with E-state index in [9.17, 15) is 0 Å². The third-order valence-corrected chi connectivity index (χ3v) is 6.31. The maximum Gasteiger partial charge on any atom is 0.0408 e. The molecule has 4 aromatic rings. The van der Waals surface area contributed by atoms with Crippen molar-refractivity contribution in [2.75, 3.05) is 11.9 Å². The van der Waals surface area contributed by atoms with Gasteiger partial charge in [-0.2, -0.15) is 0 Å². The fraction of sp³-hybridized carbons (Fsp3) is 0.0909. The van der Waals surface area contributed by atoms with Crippen LogP contribution < -0.4 is 4.90 Å². The van der Waals surface area contributed by atoms with Gasteiger partial charge >= 0.3 is 0 Å². The molecule has 0 atom stereocenters. The number of aryl methyl sites for hydroxylation is 1. The van der Waals surface area contributed by atoms with E-state index in [4.69, 9.17) is 0 Å². The maximum atomic E-state index is 2.22. The van der Waals surface area contributed by atoms with E-state index in [-0.39, 0.29) is 0 Å². The Morgan fingerprint density at radius 2 is 1.28 bits per heavy atom. The Morgan fingerprint density at radius 1 is 0.680 bits per heavy atom. The highest BCUT2D eigenvalue weighted by molar-refractivity contribution is 7.15. The Morgan fingerprint density at radius 3 is 1.76 bits per heavy atom. The zero-order chi connectivity index (χ0) is 17.2. The monoisotopic (exact) mass is 361 g/mol. The van der Waals surface area contributed by atoms with E-state index in [1.54, 1.807) is 11.3 Å². The molecule has 2 heterocycles. The molecule has 0 N–H and O–H groups in total. The van der Waals surface area contributed by atoms with Crippen LogP contribution >= 0.6 is 22.7 Å². The van der Waals surface area contributed by atoms with Crippen molar-refractivity contribution >= 4 is 34.0 Å². The molecule has 0 unspecified atom stereocenters. The van der Waals surface area contributed by atoms with Gasteiger partial charge in [-0.1, -0.05) is 30.3 Å². The predicted molar refractivity (Wildman–Crippen MR) is 112 cm³/mol. The molecule has 0 amide bonds. The fourth-order valence-electron chi connectivity index (χ4n) is 2.88. The van der Waals surface area contributed by atoms with Crippen molar-refractivity contribution in [3.05, 3.63) is 83.1 Å². The van der Waals surface area contributed by atoms with E-state index in [1.807, 2.05) is 11.3 Å². The SMILES string of the molecule is Cc1ccc(-c2ccc(N(C)c3ccc(-c4cccs4)cc3)cc2)s1. The highest BCUT2D eigenvalue weighted by Crippen LogP contribution is 2.32. The summed E-state index contributed by atoms with van der Waals surface area (Å²) in [5, 5.41) is 2.12. The highest BCUT2D eigenvalue weighted by atomic mass is 32.1. The number of nitrogens with zero attached hydrogens (tertiary/aromatic N) is 1. The van der Waals surface area contributed by atoms with E-state index < -0.39 is 0 Å². The summed E-state index contributed by atoms with van der Waals surface area (Å²) < 4.78 is 0. The van der Waals surface area contributed by atoms with Crippen molar-refractivity contribution in [3.63, 3.8) is 0 Å². The van der Waals surface area contributed by atoms with Crippen LogP contribution in [0.5, 0.6) is 0 Å². The summed E-state index contributed by atoms with van der Waals surface area (Å²) in [5.74, 6) is 0. The molecular formula is C22H19NS2. The molecule has 0 aliphatic carbocycles. The fourth-order valence-corrected chi connectivity index (χ4v) is 4.49. The highest BCUT2D eigenvalue weighted by Gasteiger charge is 2.07. The largest absolute Gasteiger partial charge is 0.345 e. The molecule has 124 valence electrons. The summed E-state index contributed by atoms with van der Waals surface area (Å²) >= 11 is 3.61. The second-order valence-electron chi connectivity index (χ2n) is 6.04. The zero-order valence-electron chi connectivity index (χ0n) is 14.3. The average molecular weight is 362 g/mol. The lowest BCUT2D eigenvalue weighted by molar-refractivity contribution is 1.21. The Bertz CT molecular complexity index is 948. The van der Waals surface area contributed by atoms with Gasteiger partial charge in [-0.05, 0) is 65.9 Å². The molecule has 2 aromatic heterocycles. The number of benzene rings is 2. The first-order valence-corrected chi connectivity index (χ1v) is 9.95. The molecule has 0 bridgehead atoms. The number of hydrogen-bond donors (Lipinski definition) is 0. The average Bonchev–Trinajstić information content (AvgIpc) is 3.33. The molecule has 25 heavy (non-hydrogen) atoms. The van der Waals surface area contributed by atoms with Crippen LogP contribution in [0.3, 0.4) is 0 Å². The molecule has 0 saturated carbocycles. The topological polar surface area (TPSA) is 3.24 Å². The van der Waals surface area contributed by atoms with Crippen molar-refractivity contribution in [3.8, 4) is 20.9 Å². The van der Waals surface area contributed by atoms with Crippen LogP contribution in [-0.2, 0) is 0 Å². The Kier molecular flexibility index (Phi) is 4.43. The minimum Gasteiger partial charge on any atom is -0.345 e. The third-order valence-electron chi connectivity index (χ3n) is 4.34. The van der Waals surface area contributed by atoms with Crippen molar-refractivity contribution in [2.24, 2.45) is 0 Å². The Hall–Kier alpha value is -2.36. The van der Waals surface area contributed by atoms with Crippen molar-refractivity contribution < 1.29 is 0 Å². The van der Waals surface area contributed by atoms with E-state index >= 15 is 0 Å². The van der Waals surface area contributed by atoms with E-state index in [1.165, 1.54) is 37.1 Å². The van der Waals surface area contributed by atoms with Gasteiger partial charge in [0.1, 0.15) is 0 Å². The molecule has 0 saturated heterocycles. The molecule has 2 aromatic carbocycles. The van der Waals surface area contributed by atoms with Crippen molar-refractivity contribution in [1.29, 1.82) is 0 Å². The summed E-state index contributed by atoms with van der Waals surface area (Å²) in [6, 6.07) is 26.2. The first-order valence-electron chi connectivity index (χ1n) is 8.25. The normalized spacial score (nSPS) is 10.8. The molecule has 1 nitrogen and oxygen atoms in total. The van der Waals surface area contributed by atoms with Gasteiger partial charge in [0.2, 0.25) is 0 Å².